The molecular formula is C27H28N6O. The van der Waals surface area contributed by atoms with Gasteiger partial charge in [0.1, 0.15) is 11.6 Å². The van der Waals surface area contributed by atoms with E-state index in [-0.39, 0.29) is 0 Å². The lowest BCUT2D eigenvalue weighted by molar-refractivity contribution is -0.105. The van der Waals surface area contributed by atoms with E-state index in [0.29, 0.717) is 18.1 Å². The molecule has 2 aromatic carbocycles. The largest absolute Gasteiger partial charge is 0.369 e. The Kier molecular flexibility index (Phi) is 5.26. The monoisotopic (exact) mass is 452 g/mol. The van der Waals surface area contributed by atoms with Gasteiger partial charge in [0.05, 0.1) is 11.0 Å². The first-order chi connectivity index (χ1) is 16.7. The molecule has 2 N–H and O–H groups in total. The van der Waals surface area contributed by atoms with Gasteiger partial charge in [-0.2, -0.15) is 0 Å². The van der Waals surface area contributed by atoms with Crippen LogP contribution in [0.15, 0.2) is 54.7 Å². The summed E-state index contributed by atoms with van der Waals surface area (Å²) in [6, 6.07) is 17.2. The summed E-state index contributed by atoms with van der Waals surface area (Å²) in [5, 5.41) is 2.74. The van der Waals surface area contributed by atoms with Gasteiger partial charge in [-0.15, -0.1) is 0 Å². The first-order valence-corrected chi connectivity index (χ1v) is 11.9. The zero-order valence-electron chi connectivity index (χ0n) is 19.3. The lowest BCUT2D eigenvalue weighted by atomic mass is 9.97. The van der Waals surface area contributed by atoms with E-state index < -0.39 is 0 Å². The number of anilines is 2. The number of pyridine rings is 1. The summed E-state index contributed by atoms with van der Waals surface area (Å²) < 4.78 is 0. The number of amides is 1. The number of aromatic amines is 1. The first-order valence-electron chi connectivity index (χ1n) is 11.9. The summed E-state index contributed by atoms with van der Waals surface area (Å²) in [5.74, 6) is 1.87. The van der Waals surface area contributed by atoms with E-state index in [4.69, 9.17) is 4.98 Å². The quantitative estimate of drug-likeness (QED) is 0.450. The average Bonchev–Trinajstić information content (AvgIpc) is 3.47. The maximum Gasteiger partial charge on any atom is 0.212 e. The van der Waals surface area contributed by atoms with Crippen molar-refractivity contribution < 1.29 is 4.79 Å². The predicted octanol–water partition coefficient (Wildman–Crippen LogP) is 3.83. The molecule has 2 aliphatic rings. The minimum atomic E-state index is 0.305. The van der Waals surface area contributed by atoms with Gasteiger partial charge in [0.15, 0.2) is 0 Å². The molecule has 1 unspecified atom stereocenters. The molecule has 1 amide bonds. The Bertz CT molecular complexity index is 1290. The second-order valence-electron chi connectivity index (χ2n) is 9.37. The number of nitrogens with one attached hydrogen (secondary N) is 2. The van der Waals surface area contributed by atoms with Crippen LogP contribution in [0, 0.1) is 0 Å². The van der Waals surface area contributed by atoms with Crippen LogP contribution < -0.4 is 10.2 Å². The molecule has 2 aromatic heterocycles. The Labute approximate surface area is 198 Å². The normalized spacial score (nSPS) is 16.7. The highest BCUT2D eigenvalue weighted by atomic mass is 16.1. The number of rotatable bonds is 5. The maximum atomic E-state index is 11.0. The van der Waals surface area contributed by atoms with Gasteiger partial charge in [-0.25, -0.2) is 9.97 Å². The standard InChI is InChI=1S/C27H28N6O/c1-32-9-11-33(12-10-32)22-6-4-18(5-7-22)26-30-24-15-19-13-21(14-20(19)16-25(24)31-26)23-3-2-8-28-27(23)29-17-34/h2-8,15-17,21H,9-14H2,1H3,(H,30,31)(H,28,29,34). The fourth-order valence-corrected chi connectivity index (χ4v) is 5.30. The number of hydrogen-bond donors (Lipinski definition) is 2. The number of H-pyrrole nitrogens is 1. The van der Waals surface area contributed by atoms with Crippen LogP contribution in [-0.2, 0) is 17.6 Å². The van der Waals surface area contributed by atoms with Gasteiger partial charge in [0.25, 0.3) is 0 Å². The van der Waals surface area contributed by atoms with Crippen LogP contribution in [0.5, 0.6) is 0 Å². The van der Waals surface area contributed by atoms with Crippen LogP contribution in [0.3, 0.4) is 0 Å². The fraction of sp³-hybridized carbons (Fsp3) is 0.296. The van der Waals surface area contributed by atoms with Crippen molar-refractivity contribution in [2.24, 2.45) is 0 Å². The number of benzene rings is 2. The van der Waals surface area contributed by atoms with Crippen molar-refractivity contribution in [2.45, 2.75) is 18.8 Å². The van der Waals surface area contributed by atoms with Crippen LogP contribution in [0.25, 0.3) is 22.4 Å². The van der Waals surface area contributed by atoms with E-state index in [1.54, 1.807) is 6.20 Å². The smallest absolute Gasteiger partial charge is 0.212 e. The molecule has 0 spiro atoms. The van der Waals surface area contributed by atoms with Crippen molar-refractivity contribution >= 4 is 28.9 Å². The molecule has 7 nitrogen and oxygen atoms in total. The number of hydrogen-bond acceptors (Lipinski definition) is 5. The van der Waals surface area contributed by atoms with Crippen molar-refractivity contribution in [3.8, 4) is 11.4 Å². The molecule has 1 saturated heterocycles. The number of fused-ring (bicyclic) bond motifs is 2. The number of piperazine rings is 1. The average molecular weight is 453 g/mol. The minimum Gasteiger partial charge on any atom is -0.369 e. The van der Waals surface area contributed by atoms with Crippen LogP contribution in [0.1, 0.15) is 22.6 Å². The second-order valence-corrected chi connectivity index (χ2v) is 9.37. The van der Waals surface area contributed by atoms with Crippen LogP contribution in [0.2, 0.25) is 0 Å². The van der Waals surface area contributed by atoms with Crippen molar-refractivity contribution in [1.82, 2.24) is 19.9 Å². The zero-order valence-corrected chi connectivity index (χ0v) is 19.3. The summed E-state index contributed by atoms with van der Waals surface area (Å²) >= 11 is 0. The molecule has 6 rings (SSSR count). The molecule has 0 saturated carbocycles. The summed E-state index contributed by atoms with van der Waals surface area (Å²) in [6.07, 6.45) is 4.26. The van der Waals surface area contributed by atoms with Crippen molar-refractivity contribution in [3.63, 3.8) is 0 Å². The first kappa shape index (κ1) is 20.9. The highest BCUT2D eigenvalue weighted by Gasteiger charge is 2.26. The van der Waals surface area contributed by atoms with Crippen LogP contribution >= 0.6 is 0 Å². The Morgan fingerprint density at radius 1 is 1.03 bits per heavy atom. The minimum absolute atomic E-state index is 0.305. The zero-order chi connectivity index (χ0) is 23.1. The maximum absolute atomic E-state index is 11.0. The van der Waals surface area contributed by atoms with Gasteiger partial charge in [-0.1, -0.05) is 6.07 Å². The van der Waals surface area contributed by atoms with Crippen molar-refractivity contribution in [3.05, 3.63) is 71.4 Å². The molecule has 172 valence electrons. The molecule has 1 aliphatic heterocycles. The molecule has 3 heterocycles. The van der Waals surface area contributed by atoms with Gasteiger partial charge in [0, 0.05) is 43.6 Å². The number of carbonyl (C=O) groups is 1. The molecule has 34 heavy (non-hydrogen) atoms. The van der Waals surface area contributed by atoms with E-state index in [0.717, 1.165) is 67.0 Å². The summed E-state index contributed by atoms with van der Waals surface area (Å²) in [4.78, 5) is 28.6. The third kappa shape index (κ3) is 3.82. The Hall–Kier alpha value is -3.71. The highest BCUT2D eigenvalue weighted by Crippen LogP contribution is 2.38. The van der Waals surface area contributed by atoms with Crippen molar-refractivity contribution in [2.75, 3.05) is 43.4 Å². The van der Waals surface area contributed by atoms with Crippen LogP contribution in [-0.4, -0.2) is 59.5 Å². The second kappa shape index (κ2) is 8.57. The topological polar surface area (TPSA) is 77.2 Å². The number of imidazole rings is 1. The van der Waals surface area contributed by atoms with E-state index in [1.165, 1.54) is 16.8 Å². The number of nitrogens with zero attached hydrogens (tertiary/aromatic N) is 4. The lowest BCUT2D eigenvalue weighted by Gasteiger charge is -2.34. The Balaban J connectivity index is 1.23. The number of aromatic nitrogens is 3. The van der Waals surface area contributed by atoms with E-state index in [1.807, 2.05) is 6.07 Å². The van der Waals surface area contributed by atoms with Gasteiger partial charge in [0.2, 0.25) is 6.41 Å². The van der Waals surface area contributed by atoms with Gasteiger partial charge in [-0.05, 0) is 85.0 Å². The summed E-state index contributed by atoms with van der Waals surface area (Å²) in [6.45, 7) is 4.34. The third-order valence-electron chi connectivity index (χ3n) is 7.22. The van der Waals surface area contributed by atoms with E-state index >= 15 is 0 Å². The fourth-order valence-electron chi connectivity index (χ4n) is 5.30. The summed E-state index contributed by atoms with van der Waals surface area (Å²) in [5.41, 5.74) is 8.18. The van der Waals surface area contributed by atoms with Gasteiger partial charge < -0.3 is 20.1 Å². The SMILES string of the molecule is CN1CCN(c2ccc(-c3nc4cc5c(cc4[nH]3)CC(c3cccnc3NC=O)C5)cc2)CC1. The number of likely N-dealkylation sites (N-methyl/N-ethyl adjacent to an activating group) is 1. The van der Waals surface area contributed by atoms with E-state index in [2.05, 4.69) is 74.6 Å². The predicted molar refractivity (Wildman–Crippen MR) is 135 cm³/mol. The molecular weight excluding hydrogens is 424 g/mol. The molecule has 0 radical (unpaired) electrons. The molecule has 0 bridgehead atoms. The summed E-state index contributed by atoms with van der Waals surface area (Å²) in [7, 11) is 2.18. The molecule has 7 heteroatoms. The molecule has 1 aliphatic carbocycles. The molecule has 1 atom stereocenters. The van der Waals surface area contributed by atoms with Gasteiger partial charge >= 0.3 is 0 Å². The Morgan fingerprint density at radius 3 is 2.56 bits per heavy atom. The highest BCUT2D eigenvalue weighted by molar-refractivity contribution is 5.82. The molecule has 1 fully saturated rings. The molecule has 4 aromatic rings. The Morgan fingerprint density at radius 2 is 1.79 bits per heavy atom. The van der Waals surface area contributed by atoms with Crippen LogP contribution in [0.4, 0.5) is 11.5 Å². The van der Waals surface area contributed by atoms with Gasteiger partial charge in [-0.3, -0.25) is 4.79 Å². The third-order valence-corrected chi connectivity index (χ3v) is 7.22. The lowest BCUT2D eigenvalue weighted by Crippen LogP contribution is -2.44. The van der Waals surface area contributed by atoms with Crippen molar-refractivity contribution in [1.29, 1.82) is 0 Å². The number of carbonyl (C=O) groups excluding carboxylic acids is 1. The van der Waals surface area contributed by atoms with E-state index in [9.17, 15) is 4.79 Å².